The van der Waals surface area contributed by atoms with Gasteiger partial charge in [-0.1, -0.05) is 17.7 Å². The largest absolute Gasteiger partial charge is 0.280 e. The zero-order valence-corrected chi connectivity index (χ0v) is 12.7. The number of halogens is 1. The first-order chi connectivity index (χ1) is 9.95. The SMILES string of the molecule is Cc1ccc(S(=O)(=O)Nc2ccc3cn[nH]c3c2)cc1Cl. The van der Waals surface area contributed by atoms with E-state index < -0.39 is 10.0 Å². The molecule has 3 rings (SSSR count). The maximum Gasteiger partial charge on any atom is 0.261 e. The number of hydrogen-bond acceptors (Lipinski definition) is 3. The third kappa shape index (κ3) is 2.72. The Morgan fingerprint density at radius 1 is 1.19 bits per heavy atom. The second-order valence-electron chi connectivity index (χ2n) is 4.69. The van der Waals surface area contributed by atoms with Gasteiger partial charge < -0.3 is 0 Å². The van der Waals surface area contributed by atoms with Crippen molar-refractivity contribution in [1.29, 1.82) is 0 Å². The van der Waals surface area contributed by atoms with E-state index in [4.69, 9.17) is 11.6 Å². The van der Waals surface area contributed by atoms with E-state index in [1.54, 1.807) is 30.5 Å². The zero-order chi connectivity index (χ0) is 15.0. The van der Waals surface area contributed by atoms with Crippen LogP contribution in [0.4, 0.5) is 5.69 Å². The predicted octanol–water partition coefficient (Wildman–Crippen LogP) is 3.33. The minimum atomic E-state index is -3.67. The average molecular weight is 322 g/mol. The van der Waals surface area contributed by atoms with Crippen LogP contribution in [-0.4, -0.2) is 18.6 Å². The molecule has 2 N–H and O–H groups in total. The number of nitrogens with one attached hydrogen (secondary N) is 2. The molecule has 0 aliphatic heterocycles. The number of rotatable bonds is 3. The van der Waals surface area contributed by atoms with E-state index in [9.17, 15) is 8.42 Å². The number of anilines is 1. The van der Waals surface area contributed by atoms with Crippen molar-refractivity contribution in [3.8, 4) is 0 Å². The van der Waals surface area contributed by atoms with Crippen molar-refractivity contribution >= 4 is 38.2 Å². The van der Waals surface area contributed by atoms with Crippen LogP contribution in [0.3, 0.4) is 0 Å². The van der Waals surface area contributed by atoms with Crippen LogP contribution in [0.25, 0.3) is 10.9 Å². The molecule has 5 nitrogen and oxygen atoms in total. The van der Waals surface area contributed by atoms with Gasteiger partial charge in [-0.3, -0.25) is 9.82 Å². The van der Waals surface area contributed by atoms with Gasteiger partial charge >= 0.3 is 0 Å². The summed E-state index contributed by atoms with van der Waals surface area (Å²) in [5, 5.41) is 8.03. The molecule has 0 aliphatic carbocycles. The van der Waals surface area contributed by atoms with Crippen molar-refractivity contribution in [2.24, 2.45) is 0 Å². The minimum Gasteiger partial charge on any atom is -0.280 e. The van der Waals surface area contributed by atoms with Crippen LogP contribution < -0.4 is 4.72 Å². The van der Waals surface area contributed by atoms with Gasteiger partial charge in [0.25, 0.3) is 10.0 Å². The summed E-state index contributed by atoms with van der Waals surface area (Å²) in [4.78, 5) is 0.128. The Bertz CT molecular complexity index is 919. The summed E-state index contributed by atoms with van der Waals surface area (Å²) in [6, 6.07) is 9.81. The van der Waals surface area contributed by atoms with E-state index in [-0.39, 0.29) is 4.90 Å². The molecule has 0 radical (unpaired) electrons. The lowest BCUT2D eigenvalue weighted by Gasteiger charge is -2.09. The molecule has 0 amide bonds. The van der Waals surface area contributed by atoms with Crippen LogP contribution in [0, 0.1) is 6.92 Å². The maximum atomic E-state index is 12.3. The summed E-state index contributed by atoms with van der Waals surface area (Å²) in [6.45, 7) is 1.82. The smallest absolute Gasteiger partial charge is 0.261 e. The Hall–Kier alpha value is -2.05. The van der Waals surface area contributed by atoms with Gasteiger partial charge in [-0.05, 0) is 42.8 Å². The van der Waals surface area contributed by atoms with Gasteiger partial charge in [-0.2, -0.15) is 5.10 Å². The first-order valence-electron chi connectivity index (χ1n) is 6.18. The molecule has 1 heterocycles. The lowest BCUT2D eigenvalue weighted by molar-refractivity contribution is 0.601. The van der Waals surface area contributed by atoms with Gasteiger partial charge in [0.05, 0.1) is 22.3 Å². The van der Waals surface area contributed by atoms with Gasteiger partial charge in [0.1, 0.15) is 0 Å². The molecule has 0 aliphatic rings. The molecule has 108 valence electrons. The molecule has 2 aromatic carbocycles. The lowest BCUT2D eigenvalue weighted by Crippen LogP contribution is -2.13. The van der Waals surface area contributed by atoms with Crippen molar-refractivity contribution in [2.45, 2.75) is 11.8 Å². The average Bonchev–Trinajstić information content (AvgIpc) is 2.88. The Morgan fingerprint density at radius 2 is 2.00 bits per heavy atom. The fraction of sp³-hybridized carbons (Fsp3) is 0.0714. The van der Waals surface area contributed by atoms with Crippen LogP contribution in [0.2, 0.25) is 5.02 Å². The number of nitrogens with zero attached hydrogens (tertiary/aromatic N) is 1. The number of aryl methyl sites for hydroxylation is 1. The van der Waals surface area contributed by atoms with Crippen LogP contribution >= 0.6 is 11.6 Å². The molecule has 0 unspecified atom stereocenters. The van der Waals surface area contributed by atoms with Gasteiger partial charge in [-0.15, -0.1) is 0 Å². The van der Waals surface area contributed by atoms with E-state index >= 15 is 0 Å². The van der Waals surface area contributed by atoms with E-state index in [1.807, 2.05) is 6.92 Å². The van der Waals surface area contributed by atoms with Crippen LogP contribution in [-0.2, 0) is 10.0 Å². The van der Waals surface area contributed by atoms with E-state index in [2.05, 4.69) is 14.9 Å². The maximum absolute atomic E-state index is 12.3. The van der Waals surface area contributed by atoms with Crippen LogP contribution in [0.15, 0.2) is 47.5 Å². The normalized spacial score (nSPS) is 11.7. The molecule has 3 aromatic rings. The number of H-pyrrole nitrogens is 1. The first-order valence-corrected chi connectivity index (χ1v) is 8.04. The summed E-state index contributed by atoms with van der Waals surface area (Å²) in [5.74, 6) is 0. The summed E-state index contributed by atoms with van der Waals surface area (Å²) < 4.78 is 27.2. The van der Waals surface area contributed by atoms with Crippen molar-refractivity contribution < 1.29 is 8.42 Å². The molecule has 1 aromatic heterocycles. The lowest BCUT2D eigenvalue weighted by atomic mass is 10.2. The van der Waals surface area contributed by atoms with E-state index in [1.165, 1.54) is 12.1 Å². The number of benzene rings is 2. The Labute approximate surface area is 127 Å². The fourth-order valence-electron chi connectivity index (χ4n) is 1.96. The van der Waals surface area contributed by atoms with Gasteiger partial charge in [0, 0.05) is 10.4 Å². The van der Waals surface area contributed by atoms with Gasteiger partial charge in [0.15, 0.2) is 0 Å². The molecular formula is C14H12ClN3O2S. The predicted molar refractivity (Wildman–Crippen MR) is 83.1 cm³/mol. The second-order valence-corrected chi connectivity index (χ2v) is 6.78. The number of fused-ring (bicyclic) bond motifs is 1. The first kappa shape index (κ1) is 13.9. The minimum absolute atomic E-state index is 0.128. The highest BCUT2D eigenvalue weighted by molar-refractivity contribution is 7.92. The summed E-state index contributed by atoms with van der Waals surface area (Å²) in [6.07, 6.45) is 1.67. The van der Waals surface area contributed by atoms with Crippen molar-refractivity contribution in [3.05, 3.63) is 53.2 Å². The van der Waals surface area contributed by atoms with Gasteiger partial charge in [0.2, 0.25) is 0 Å². The van der Waals surface area contributed by atoms with Crippen molar-refractivity contribution in [1.82, 2.24) is 10.2 Å². The fourth-order valence-corrected chi connectivity index (χ4v) is 3.28. The molecule has 7 heteroatoms. The number of hydrogen-bond donors (Lipinski definition) is 2. The number of sulfonamides is 1. The topological polar surface area (TPSA) is 74.8 Å². The van der Waals surface area contributed by atoms with Crippen LogP contribution in [0.5, 0.6) is 0 Å². The van der Waals surface area contributed by atoms with E-state index in [0.29, 0.717) is 10.7 Å². The van der Waals surface area contributed by atoms with Crippen molar-refractivity contribution in [2.75, 3.05) is 4.72 Å². The summed E-state index contributed by atoms with van der Waals surface area (Å²) >= 11 is 5.98. The van der Waals surface area contributed by atoms with E-state index in [0.717, 1.165) is 16.5 Å². The quantitative estimate of drug-likeness (QED) is 0.777. The Balaban J connectivity index is 1.96. The Morgan fingerprint density at radius 3 is 2.76 bits per heavy atom. The number of aromatic nitrogens is 2. The third-order valence-electron chi connectivity index (χ3n) is 3.15. The second kappa shape index (κ2) is 5.05. The van der Waals surface area contributed by atoms with Crippen molar-refractivity contribution in [3.63, 3.8) is 0 Å². The van der Waals surface area contributed by atoms with Crippen LogP contribution in [0.1, 0.15) is 5.56 Å². The highest BCUT2D eigenvalue weighted by atomic mass is 35.5. The molecule has 0 saturated heterocycles. The molecule has 0 atom stereocenters. The molecule has 0 bridgehead atoms. The molecule has 0 spiro atoms. The molecule has 0 saturated carbocycles. The zero-order valence-electron chi connectivity index (χ0n) is 11.1. The summed E-state index contributed by atoms with van der Waals surface area (Å²) in [5.41, 5.74) is 2.05. The summed E-state index contributed by atoms with van der Waals surface area (Å²) in [7, 11) is -3.67. The Kier molecular flexibility index (Phi) is 3.35. The third-order valence-corrected chi connectivity index (χ3v) is 4.93. The van der Waals surface area contributed by atoms with Gasteiger partial charge in [-0.25, -0.2) is 8.42 Å². The molecule has 0 fully saturated rings. The molecular weight excluding hydrogens is 310 g/mol. The molecule has 21 heavy (non-hydrogen) atoms. The number of aromatic amines is 1. The highest BCUT2D eigenvalue weighted by Gasteiger charge is 2.15. The standard InChI is InChI=1S/C14H12ClN3O2S/c1-9-2-5-12(7-13(9)15)21(19,20)18-11-4-3-10-8-16-17-14(10)6-11/h2-8,18H,1H3,(H,16,17). The highest BCUT2D eigenvalue weighted by Crippen LogP contribution is 2.23. The monoisotopic (exact) mass is 321 g/mol.